The second-order valence-electron chi connectivity index (χ2n) is 7.86. The number of rotatable bonds is 9. The first-order valence-electron chi connectivity index (χ1n) is 10.6. The number of pyridine rings is 1. The summed E-state index contributed by atoms with van der Waals surface area (Å²) in [6.45, 7) is 4.33. The van der Waals surface area contributed by atoms with Crippen LogP contribution in [0.2, 0.25) is 0 Å². The zero-order valence-electron chi connectivity index (χ0n) is 18.7. The second kappa shape index (κ2) is 11.1. The van der Waals surface area contributed by atoms with Gasteiger partial charge in [-0.1, -0.05) is 62.4 Å². The van der Waals surface area contributed by atoms with Gasteiger partial charge in [0.1, 0.15) is 11.8 Å². The Kier molecular flexibility index (Phi) is 7.97. The van der Waals surface area contributed by atoms with Crippen molar-refractivity contribution in [1.82, 2.24) is 15.2 Å². The number of hydrogen-bond acceptors (Lipinski definition) is 4. The Morgan fingerprint density at radius 2 is 1.69 bits per heavy atom. The summed E-state index contributed by atoms with van der Waals surface area (Å²) < 4.78 is 5.24. The average Bonchev–Trinajstić information content (AvgIpc) is 2.83. The molecule has 0 aliphatic heterocycles. The van der Waals surface area contributed by atoms with Gasteiger partial charge in [0.15, 0.2) is 0 Å². The molecular weight excluding hydrogens is 402 g/mol. The number of carbonyl (C=O) groups excluding carboxylic acids is 2. The predicted octanol–water partition coefficient (Wildman–Crippen LogP) is 4.13. The first-order chi connectivity index (χ1) is 15.5. The van der Waals surface area contributed by atoms with Gasteiger partial charge in [-0.25, -0.2) is 0 Å². The summed E-state index contributed by atoms with van der Waals surface area (Å²) in [5, 5.41) is 2.98. The van der Waals surface area contributed by atoms with Crippen molar-refractivity contribution in [3.63, 3.8) is 0 Å². The highest BCUT2D eigenvalue weighted by molar-refractivity contribution is 5.89. The molecular formula is C26H29N3O3. The van der Waals surface area contributed by atoms with Crippen LogP contribution in [0.15, 0.2) is 79.1 Å². The first kappa shape index (κ1) is 23.0. The van der Waals surface area contributed by atoms with Crippen LogP contribution < -0.4 is 10.1 Å². The van der Waals surface area contributed by atoms with Gasteiger partial charge in [-0.2, -0.15) is 0 Å². The van der Waals surface area contributed by atoms with Crippen molar-refractivity contribution in [1.29, 1.82) is 0 Å². The van der Waals surface area contributed by atoms with E-state index in [0.29, 0.717) is 13.1 Å². The molecule has 0 aliphatic rings. The van der Waals surface area contributed by atoms with Gasteiger partial charge in [0.2, 0.25) is 11.8 Å². The highest BCUT2D eigenvalue weighted by Gasteiger charge is 2.32. The highest BCUT2D eigenvalue weighted by atomic mass is 16.5. The largest absolute Gasteiger partial charge is 0.497 e. The van der Waals surface area contributed by atoms with Crippen molar-refractivity contribution >= 4 is 11.8 Å². The number of methoxy groups -OCH3 is 1. The summed E-state index contributed by atoms with van der Waals surface area (Å²) in [6.07, 6.45) is 3.40. The zero-order chi connectivity index (χ0) is 22.9. The third-order valence-electron chi connectivity index (χ3n) is 5.15. The minimum Gasteiger partial charge on any atom is -0.497 e. The molecule has 1 atom stereocenters. The van der Waals surface area contributed by atoms with Gasteiger partial charge in [-0.05, 0) is 34.9 Å². The first-order valence-corrected chi connectivity index (χ1v) is 10.6. The molecule has 166 valence electrons. The maximum absolute atomic E-state index is 13.4. The molecule has 2 aromatic carbocycles. The van der Waals surface area contributed by atoms with Crippen molar-refractivity contribution < 1.29 is 14.3 Å². The molecule has 0 unspecified atom stereocenters. The Morgan fingerprint density at radius 1 is 0.969 bits per heavy atom. The Labute approximate surface area is 189 Å². The molecule has 3 rings (SSSR count). The van der Waals surface area contributed by atoms with Gasteiger partial charge in [0, 0.05) is 31.4 Å². The van der Waals surface area contributed by atoms with Crippen molar-refractivity contribution in [2.24, 2.45) is 5.92 Å². The molecule has 0 saturated heterocycles. The Morgan fingerprint density at radius 3 is 2.28 bits per heavy atom. The number of benzene rings is 2. The van der Waals surface area contributed by atoms with Crippen LogP contribution in [0.4, 0.5) is 0 Å². The normalized spacial score (nSPS) is 11.6. The molecule has 2 amide bonds. The highest BCUT2D eigenvalue weighted by Crippen LogP contribution is 2.26. The van der Waals surface area contributed by atoms with E-state index in [1.807, 2.05) is 80.6 Å². The third kappa shape index (κ3) is 5.94. The molecule has 0 aliphatic carbocycles. The quantitative estimate of drug-likeness (QED) is 0.553. The summed E-state index contributed by atoms with van der Waals surface area (Å²) >= 11 is 0. The van der Waals surface area contributed by atoms with Gasteiger partial charge < -0.3 is 15.0 Å². The zero-order valence-corrected chi connectivity index (χ0v) is 18.7. The standard InChI is InChI=1S/C26H29N3O3/c1-19(2)26(31)29(18-20-11-13-23(32-3)14-12-20)24(22-9-5-4-6-10-22)25(30)28-17-21-8-7-15-27-16-21/h4-16,19,24H,17-18H2,1-3H3,(H,28,30)/t24-/m0/s1. The number of nitrogens with one attached hydrogen (secondary N) is 1. The lowest BCUT2D eigenvalue weighted by Crippen LogP contribution is -2.44. The predicted molar refractivity (Wildman–Crippen MR) is 124 cm³/mol. The van der Waals surface area contributed by atoms with Crippen molar-refractivity contribution in [2.75, 3.05) is 7.11 Å². The average molecular weight is 432 g/mol. The van der Waals surface area contributed by atoms with E-state index in [9.17, 15) is 9.59 Å². The van der Waals surface area contributed by atoms with E-state index < -0.39 is 6.04 Å². The molecule has 6 heteroatoms. The van der Waals surface area contributed by atoms with Crippen molar-refractivity contribution in [2.45, 2.75) is 33.0 Å². The monoisotopic (exact) mass is 431 g/mol. The number of amides is 2. The molecule has 1 aromatic heterocycles. The summed E-state index contributed by atoms with van der Waals surface area (Å²) in [5.74, 6) is 0.156. The molecule has 32 heavy (non-hydrogen) atoms. The van der Waals surface area contributed by atoms with E-state index in [-0.39, 0.29) is 17.7 Å². The number of aromatic nitrogens is 1. The fourth-order valence-electron chi connectivity index (χ4n) is 3.45. The van der Waals surface area contributed by atoms with Crippen LogP contribution >= 0.6 is 0 Å². The summed E-state index contributed by atoms with van der Waals surface area (Å²) in [5.41, 5.74) is 2.57. The number of ether oxygens (including phenoxy) is 1. The van der Waals surface area contributed by atoms with E-state index in [2.05, 4.69) is 10.3 Å². The Bertz CT molecular complexity index is 1010. The second-order valence-corrected chi connectivity index (χ2v) is 7.86. The van der Waals surface area contributed by atoms with E-state index in [1.54, 1.807) is 24.4 Å². The lowest BCUT2D eigenvalue weighted by atomic mass is 10.0. The topological polar surface area (TPSA) is 71.5 Å². The SMILES string of the molecule is COc1ccc(CN(C(=O)C(C)C)[C@H](C(=O)NCc2cccnc2)c2ccccc2)cc1. The Balaban J connectivity index is 1.92. The van der Waals surface area contributed by atoms with Gasteiger partial charge in [0.25, 0.3) is 0 Å². The molecule has 1 N–H and O–H groups in total. The van der Waals surface area contributed by atoms with E-state index in [4.69, 9.17) is 4.74 Å². The van der Waals surface area contributed by atoms with E-state index in [0.717, 1.165) is 22.4 Å². The molecule has 0 saturated carbocycles. The van der Waals surface area contributed by atoms with Gasteiger partial charge >= 0.3 is 0 Å². The molecule has 0 bridgehead atoms. The summed E-state index contributed by atoms with van der Waals surface area (Å²) in [7, 11) is 1.61. The van der Waals surface area contributed by atoms with Gasteiger partial charge in [-0.3, -0.25) is 14.6 Å². The van der Waals surface area contributed by atoms with Crippen LogP contribution in [0.1, 0.15) is 36.6 Å². The van der Waals surface area contributed by atoms with Crippen molar-refractivity contribution in [3.8, 4) is 5.75 Å². The fourth-order valence-corrected chi connectivity index (χ4v) is 3.45. The smallest absolute Gasteiger partial charge is 0.247 e. The molecule has 1 heterocycles. The molecule has 0 spiro atoms. The molecule has 3 aromatic rings. The van der Waals surface area contributed by atoms with Crippen molar-refractivity contribution in [3.05, 3.63) is 95.8 Å². The number of carbonyl (C=O) groups is 2. The molecule has 0 radical (unpaired) electrons. The lowest BCUT2D eigenvalue weighted by molar-refractivity contribution is -0.144. The lowest BCUT2D eigenvalue weighted by Gasteiger charge is -2.33. The van der Waals surface area contributed by atoms with Crippen LogP contribution in [0.3, 0.4) is 0 Å². The maximum Gasteiger partial charge on any atom is 0.247 e. The van der Waals surface area contributed by atoms with Crippen LogP contribution in [-0.4, -0.2) is 28.8 Å². The molecule has 6 nitrogen and oxygen atoms in total. The fraction of sp³-hybridized carbons (Fsp3) is 0.269. The van der Waals surface area contributed by atoms with E-state index >= 15 is 0 Å². The minimum atomic E-state index is -0.759. The van der Waals surface area contributed by atoms with Crippen LogP contribution in [-0.2, 0) is 22.7 Å². The van der Waals surface area contributed by atoms with Gasteiger partial charge in [0.05, 0.1) is 7.11 Å². The maximum atomic E-state index is 13.4. The van der Waals surface area contributed by atoms with Crippen LogP contribution in [0.25, 0.3) is 0 Å². The van der Waals surface area contributed by atoms with Gasteiger partial charge in [-0.15, -0.1) is 0 Å². The molecule has 0 fully saturated rings. The summed E-state index contributed by atoms with van der Waals surface area (Å²) in [6, 6.07) is 19.9. The third-order valence-corrected chi connectivity index (χ3v) is 5.15. The van der Waals surface area contributed by atoms with Crippen LogP contribution in [0.5, 0.6) is 5.75 Å². The van der Waals surface area contributed by atoms with Crippen LogP contribution in [0, 0.1) is 5.92 Å². The minimum absolute atomic E-state index is 0.0915. The van der Waals surface area contributed by atoms with E-state index in [1.165, 1.54) is 0 Å². The Hall–Kier alpha value is -3.67. The number of nitrogens with zero attached hydrogens (tertiary/aromatic N) is 2. The summed E-state index contributed by atoms with van der Waals surface area (Å²) in [4.78, 5) is 32.5. The number of hydrogen-bond donors (Lipinski definition) is 1.